The van der Waals surface area contributed by atoms with Gasteiger partial charge in [0.1, 0.15) is 6.61 Å². The molecule has 0 aliphatic heterocycles. The maximum absolute atomic E-state index is 12.0. The van der Waals surface area contributed by atoms with E-state index in [4.69, 9.17) is 9.26 Å². The highest BCUT2D eigenvalue weighted by Crippen LogP contribution is 2.12. The fraction of sp³-hybridized carbons (Fsp3) is 0.231. The Morgan fingerprint density at radius 1 is 1.43 bits per heavy atom. The number of nitrogens with zero attached hydrogens (tertiary/aromatic N) is 3. The van der Waals surface area contributed by atoms with Crippen molar-refractivity contribution in [2.24, 2.45) is 0 Å². The quantitative estimate of drug-likeness (QED) is 0.685. The smallest absolute Gasteiger partial charge is 0.377 e. The van der Waals surface area contributed by atoms with Crippen LogP contribution >= 0.6 is 11.3 Å². The van der Waals surface area contributed by atoms with Crippen molar-refractivity contribution in [3.8, 4) is 0 Å². The first-order chi connectivity index (χ1) is 10.0. The SMILES string of the molecule is Cc1cc(C(=O)OCc2cc(=O)n3c(C)csc3n2)on1. The summed E-state index contributed by atoms with van der Waals surface area (Å²) in [6.07, 6.45) is 0. The maximum atomic E-state index is 12.0. The summed E-state index contributed by atoms with van der Waals surface area (Å²) in [7, 11) is 0. The number of ether oxygens (including phenoxy) is 1. The minimum absolute atomic E-state index is 0.0252. The number of aromatic nitrogens is 3. The van der Waals surface area contributed by atoms with Crippen LogP contribution in [0.1, 0.15) is 27.6 Å². The minimum Gasteiger partial charge on any atom is -0.453 e. The summed E-state index contributed by atoms with van der Waals surface area (Å²) in [5.74, 6) is -0.614. The highest BCUT2D eigenvalue weighted by atomic mass is 32.1. The van der Waals surface area contributed by atoms with Crippen molar-refractivity contribution in [1.82, 2.24) is 14.5 Å². The average molecular weight is 305 g/mol. The van der Waals surface area contributed by atoms with Crippen molar-refractivity contribution in [3.05, 3.63) is 50.7 Å². The Bertz CT molecular complexity index is 877. The second-order valence-corrected chi connectivity index (χ2v) is 5.33. The Labute approximate surface area is 122 Å². The lowest BCUT2D eigenvalue weighted by atomic mass is 10.4. The third-order valence-electron chi connectivity index (χ3n) is 2.81. The highest BCUT2D eigenvalue weighted by molar-refractivity contribution is 7.15. The molecule has 0 atom stereocenters. The first-order valence-corrected chi connectivity index (χ1v) is 7.00. The van der Waals surface area contributed by atoms with Crippen LogP contribution < -0.4 is 5.56 Å². The molecule has 0 aliphatic carbocycles. The summed E-state index contributed by atoms with van der Waals surface area (Å²) < 4.78 is 11.4. The molecule has 108 valence electrons. The number of carbonyl (C=O) groups is 1. The molecule has 3 rings (SSSR count). The molecule has 0 aliphatic rings. The van der Waals surface area contributed by atoms with Gasteiger partial charge < -0.3 is 9.26 Å². The van der Waals surface area contributed by atoms with Crippen LogP contribution in [0.15, 0.2) is 26.8 Å². The molecule has 0 bridgehead atoms. The van der Waals surface area contributed by atoms with Crippen molar-refractivity contribution < 1.29 is 14.1 Å². The van der Waals surface area contributed by atoms with Crippen molar-refractivity contribution >= 4 is 22.3 Å². The van der Waals surface area contributed by atoms with Gasteiger partial charge in [-0.05, 0) is 13.8 Å². The molecular weight excluding hydrogens is 294 g/mol. The van der Waals surface area contributed by atoms with E-state index in [0.717, 1.165) is 5.69 Å². The molecule has 0 fully saturated rings. The largest absolute Gasteiger partial charge is 0.453 e. The molecule has 0 saturated heterocycles. The molecular formula is C13H11N3O4S. The average Bonchev–Trinajstić information content (AvgIpc) is 3.03. The van der Waals surface area contributed by atoms with Gasteiger partial charge in [0.15, 0.2) is 4.96 Å². The van der Waals surface area contributed by atoms with Crippen LogP contribution in [0.3, 0.4) is 0 Å². The van der Waals surface area contributed by atoms with E-state index in [1.54, 1.807) is 6.92 Å². The zero-order valence-electron chi connectivity index (χ0n) is 11.3. The maximum Gasteiger partial charge on any atom is 0.377 e. The predicted molar refractivity (Wildman–Crippen MR) is 74.4 cm³/mol. The molecule has 3 aromatic rings. The van der Waals surface area contributed by atoms with Crippen LogP contribution in [0.4, 0.5) is 0 Å². The van der Waals surface area contributed by atoms with Gasteiger partial charge in [-0.15, -0.1) is 11.3 Å². The Morgan fingerprint density at radius 2 is 2.24 bits per heavy atom. The summed E-state index contributed by atoms with van der Waals surface area (Å²) in [5.41, 5.74) is 1.62. The van der Waals surface area contributed by atoms with Gasteiger partial charge in [0, 0.05) is 23.2 Å². The van der Waals surface area contributed by atoms with Gasteiger partial charge in [-0.3, -0.25) is 9.20 Å². The molecule has 3 heterocycles. The topological polar surface area (TPSA) is 86.7 Å². The third-order valence-corrected chi connectivity index (χ3v) is 3.75. The summed E-state index contributed by atoms with van der Waals surface area (Å²) in [5, 5.41) is 5.45. The second kappa shape index (κ2) is 5.13. The standard InChI is InChI=1S/C13H11N3O4S/c1-7-3-10(20-15-7)12(18)19-5-9-4-11(17)16-8(2)6-21-13(16)14-9/h3-4,6H,5H2,1-2H3. The lowest BCUT2D eigenvalue weighted by Crippen LogP contribution is -2.16. The summed E-state index contributed by atoms with van der Waals surface area (Å²) in [6, 6.07) is 2.84. The zero-order chi connectivity index (χ0) is 15.0. The third kappa shape index (κ3) is 2.57. The Kier molecular flexibility index (Phi) is 3.30. The molecule has 0 aromatic carbocycles. The monoisotopic (exact) mass is 305 g/mol. The number of rotatable bonds is 3. The molecule has 0 saturated carbocycles. The number of hydrogen-bond donors (Lipinski definition) is 0. The van der Waals surface area contributed by atoms with E-state index in [1.165, 1.54) is 27.9 Å². The van der Waals surface area contributed by atoms with Crippen LogP contribution in [0, 0.1) is 13.8 Å². The lowest BCUT2D eigenvalue weighted by Gasteiger charge is -2.02. The number of hydrogen-bond acceptors (Lipinski definition) is 7. The molecule has 21 heavy (non-hydrogen) atoms. The predicted octanol–water partition coefficient (Wildman–Crippen LogP) is 1.72. The molecule has 7 nitrogen and oxygen atoms in total. The van der Waals surface area contributed by atoms with E-state index in [-0.39, 0.29) is 17.9 Å². The Balaban J connectivity index is 1.79. The summed E-state index contributed by atoms with van der Waals surface area (Å²) in [4.78, 5) is 28.5. The highest BCUT2D eigenvalue weighted by Gasteiger charge is 2.14. The normalized spacial score (nSPS) is 11.0. The molecule has 8 heteroatoms. The van der Waals surface area contributed by atoms with Gasteiger partial charge in [0.25, 0.3) is 5.56 Å². The van der Waals surface area contributed by atoms with Gasteiger partial charge in [-0.2, -0.15) is 0 Å². The van der Waals surface area contributed by atoms with E-state index in [9.17, 15) is 9.59 Å². The Morgan fingerprint density at radius 3 is 2.95 bits per heavy atom. The number of aryl methyl sites for hydroxylation is 2. The van der Waals surface area contributed by atoms with Crippen molar-refractivity contribution in [3.63, 3.8) is 0 Å². The number of fused-ring (bicyclic) bond motifs is 1. The molecule has 0 unspecified atom stereocenters. The van der Waals surface area contributed by atoms with E-state index in [1.807, 2.05) is 12.3 Å². The van der Waals surface area contributed by atoms with Crippen LogP contribution in [0.5, 0.6) is 0 Å². The molecule has 3 aromatic heterocycles. The van der Waals surface area contributed by atoms with Crippen LogP contribution in [-0.4, -0.2) is 20.5 Å². The summed E-state index contributed by atoms with van der Waals surface area (Å²) in [6.45, 7) is 3.44. The first kappa shape index (κ1) is 13.5. The number of esters is 1. The molecule has 0 N–H and O–H groups in total. The van der Waals surface area contributed by atoms with Gasteiger partial charge in [0.2, 0.25) is 5.76 Å². The first-order valence-electron chi connectivity index (χ1n) is 6.12. The molecule has 0 amide bonds. The fourth-order valence-corrected chi connectivity index (χ4v) is 2.74. The van der Waals surface area contributed by atoms with Gasteiger partial charge in [-0.25, -0.2) is 9.78 Å². The lowest BCUT2D eigenvalue weighted by molar-refractivity contribution is 0.0421. The van der Waals surface area contributed by atoms with Gasteiger partial charge in [-0.1, -0.05) is 5.16 Å². The van der Waals surface area contributed by atoms with E-state index >= 15 is 0 Å². The number of carbonyl (C=O) groups excluding carboxylic acids is 1. The van der Waals surface area contributed by atoms with Crippen molar-refractivity contribution in [1.29, 1.82) is 0 Å². The van der Waals surface area contributed by atoms with E-state index in [2.05, 4.69) is 10.1 Å². The van der Waals surface area contributed by atoms with Crippen molar-refractivity contribution in [2.75, 3.05) is 0 Å². The number of thiazole rings is 1. The van der Waals surface area contributed by atoms with Gasteiger partial charge >= 0.3 is 5.97 Å². The fourth-order valence-electron chi connectivity index (χ4n) is 1.85. The van der Waals surface area contributed by atoms with Crippen LogP contribution in [0.25, 0.3) is 4.96 Å². The van der Waals surface area contributed by atoms with Crippen LogP contribution in [-0.2, 0) is 11.3 Å². The second-order valence-electron chi connectivity index (χ2n) is 4.49. The molecule has 0 spiro atoms. The van der Waals surface area contributed by atoms with E-state index in [0.29, 0.717) is 16.3 Å². The Hall–Kier alpha value is -2.48. The van der Waals surface area contributed by atoms with E-state index < -0.39 is 5.97 Å². The molecule has 0 radical (unpaired) electrons. The van der Waals surface area contributed by atoms with Crippen molar-refractivity contribution in [2.45, 2.75) is 20.5 Å². The summed E-state index contributed by atoms with van der Waals surface area (Å²) >= 11 is 1.36. The minimum atomic E-state index is -0.639. The van der Waals surface area contributed by atoms with Crippen LogP contribution in [0.2, 0.25) is 0 Å². The zero-order valence-corrected chi connectivity index (χ0v) is 12.1. The van der Waals surface area contributed by atoms with Gasteiger partial charge in [0.05, 0.1) is 11.4 Å².